The second-order valence-electron chi connectivity index (χ2n) is 4.99. The molecule has 0 bridgehead atoms. The lowest BCUT2D eigenvalue weighted by molar-refractivity contribution is -0.384. The van der Waals surface area contributed by atoms with E-state index in [1.54, 1.807) is 19.0 Å². The first-order valence-corrected chi connectivity index (χ1v) is 5.36. The molecule has 1 rings (SSSR count). The zero-order valence-corrected chi connectivity index (χ0v) is 10.7. The maximum Gasteiger partial charge on any atom is 0.330 e. The van der Waals surface area contributed by atoms with Crippen molar-refractivity contribution >= 4 is 11.5 Å². The smallest absolute Gasteiger partial charge is 0.330 e. The Kier molecular flexibility index (Phi) is 3.72. The van der Waals surface area contributed by atoms with Crippen LogP contribution in [0.3, 0.4) is 0 Å². The molecule has 1 aromatic heterocycles. The molecule has 1 heterocycles. The minimum absolute atomic E-state index is 0.0165. The third-order valence-corrected chi connectivity index (χ3v) is 2.57. The summed E-state index contributed by atoms with van der Waals surface area (Å²) in [6.45, 7) is 5.15. The standard InChI is InChI=1S/C10H19N5O2/c1-10(2,6-11)7-13(3)9-8(15(16)17)5-14(4)12-9/h5H,6-7,11H2,1-4H3. The highest BCUT2D eigenvalue weighted by Gasteiger charge is 2.26. The van der Waals surface area contributed by atoms with Crippen molar-refractivity contribution in [1.29, 1.82) is 0 Å². The molecule has 96 valence electrons. The van der Waals surface area contributed by atoms with Gasteiger partial charge in [0.1, 0.15) is 6.20 Å². The second-order valence-corrected chi connectivity index (χ2v) is 4.99. The van der Waals surface area contributed by atoms with Crippen LogP contribution in [0.1, 0.15) is 13.8 Å². The molecule has 2 N–H and O–H groups in total. The van der Waals surface area contributed by atoms with E-state index in [1.165, 1.54) is 10.9 Å². The summed E-state index contributed by atoms with van der Waals surface area (Å²) in [5.41, 5.74) is 5.56. The Balaban J connectivity index is 2.96. The molecule has 0 saturated heterocycles. The summed E-state index contributed by atoms with van der Waals surface area (Å²) >= 11 is 0. The van der Waals surface area contributed by atoms with Gasteiger partial charge in [0.15, 0.2) is 0 Å². The first kappa shape index (κ1) is 13.4. The van der Waals surface area contributed by atoms with E-state index in [9.17, 15) is 10.1 Å². The topological polar surface area (TPSA) is 90.2 Å². The fourth-order valence-corrected chi connectivity index (χ4v) is 1.65. The average molecular weight is 241 g/mol. The van der Waals surface area contributed by atoms with Gasteiger partial charge in [0.25, 0.3) is 0 Å². The van der Waals surface area contributed by atoms with Crippen LogP contribution < -0.4 is 10.6 Å². The summed E-state index contributed by atoms with van der Waals surface area (Å²) in [6, 6.07) is 0. The summed E-state index contributed by atoms with van der Waals surface area (Å²) in [5, 5.41) is 15.0. The molecule has 0 aliphatic rings. The van der Waals surface area contributed by atoms with Crippen molar-refractivity contribution in [1.82, 2.24) is 9.78 Å². The van der Waals surface area contributed by atoms with E-state index in [0.717, 1.165) is 0 Å². The van der Waals surface area contributed by atoms with Crippen molar-refractivity contribution in [3.8, 4) is 0 Å². The van der Waals surface area contributed by atoms with Crippen LogP contribution in [0.2, 0.25) is 0 Å². The van der Waals surface area contributed by atoms with E-state index in [1.807, 2.05) is 13.8 Å². The molecular weight excluding hydrogens is 222 g/mol. The highest BCUT2D eigenvalue weighted by molar-refractivity contribution is 5.56. The van der Waals surface area contributed by atoms with Crippen molar-refractivity contribution in [2.45, 2.75) is 13.8 Å². The molecular formula is C10H19N5O2. The molecule has 0 unspecified atom stereocenters. The minimum Gasteiger partial charge on any atom is -0.352 e. The van der Waals surface area contributed by atoms with Gasteiger partial charge >= 0.3 is 5.69 Å². The first-order valence-electron chi connectivity index (χ1n) is 5.36. The predicted octanol–water partition coefficient (Wildman–Crippen LogP) is 0.749. The summed E-state index contributed by atoms with van der Waals surface area (Å²) in [5.74, 6) is 0.374. The number of aromatic nitrogens is 2. The average Bonchev–Trinajstić information content (AvgIpc) is 2.60. The maximum absolute atomic E-state index is 10.9. The Hall–Kier alpha value is -1.63. The molecule has 0 fully saturated rings. The maximum atomic E-state index is 10.9. The molecule has 0 radical (unpaired) electrons. The van der Waals surface area contributed by atoms with E-state index >= 15 is 0 Å². The summed E-state index contributed by atoms with van der Waals surface area (Å²) in [4.78, 5) is 12.2. The second kappa shape index (κ2) is 4.70. The largest absolute Gasteiger partial charge is 0.352 e. The van der Waals surface area contributed by atoms with Gasteiger partial charge in [-0.15, -0.1) is 5.10 Å². The van der Waals surface area contributed by atoms with Gasteiger partial charge in [0, 0.05) is 20.6 Å². The van der Waals surface area contributed by atoms with Crippen molar-refractivity contribution in [3.63, 3.8) is 0 Å². The van der Waals surface area contributed by atoms with Crippen molar-refractivity contribution in [2.75, 3.05) is 25.0 Å². The van der Waals surface area contributed by atoms with Gasteiger partial charge in [-0.05, 0) is 12.0 Å². The molecule has 0 aliphatic carbocycles. The molecule has 7 heteroatoms. The van der Waals surface area contributed by atoms with Crippen LogP contribution in [0, 0.1) is 15.5 Å². The number of anilines is 1. The summed E-state index contributed by atoms with van der Waals surface area (Å²) in [6.07, 6.45) is 1.40. The molecule has 1 aromatic rings. The van der Waals surface area contributed by atoms with E-state index < -0.39 is 4.92 Å². The van der Waals surface area contributed by atoms with Crippen molar-refractivity contribution < 1.29 is 4.92 Å². The van der Waals surface area contributed by atoms with Gasteiger partial charge in [0.05, 0.1) is 4.92 Å². The summed E-state index contributed by atoms with van der Waals surface area (Å²) < 4.78 is 1.44. The van der Waals surface area contributed by atoms with Gasteiger partial charge in [-0.1, -0.05) is 13.8 Å². The van der Waals surface area contributed by atoms with Gasteiger partial charge in [-0.2, -0.15) is 0 Å². The van der Waals surface area contributed by atoms with E-state index in [0.29, 0.717) is 18.9 Å². The number of aryl methyl sites for hydroxylation is 1. The number of rotatable bonds is 5. The first-order chi connectivity index (χ1) is 7.76. The molecule has 0 amide bonds. The third kappa shape index (κ3) is 3.16. The lowest BCUT2D eigenvalue weighted by atomic mass is 9.93. The monoisotopic (exact) mass is 241 g/mol. The number of nitrogens with two attached hydrogens (primary N) is 1. The zero-order valence-electron chi connectivity index (χ0n) is 10.7. The van der Waals surface area contributed by atoms with Gasteiger partial charge < -0.3 is 10.6 Å². The van der Waals surface area contributed by atoms with Gasteiger partial charge in [-0.3, -0.25) is 14.8 Å². The SMILES string of the molecule is CN(CC(C)(C)CN)c1nn(C)cc1[N+](=O)[O-]. The fourth-order valence-electron chi connectivity index (χ4n) is 1.65. The number of hydrogen-bond acceptors (Lipinski definition) is 5. The van der Waals surface area contributed by atoms with Crippen molar-refractivity contribution in [2.24, 2.45) is 18.2 Å². The highest BCUT2D eigenvalue weighted by atomic mass is 16.6. The minimum atomic E-state index is -0.422. The molecule has 0 aromatic carbocycles. The molecule has 7 nitrogen and oxygen atoms in total. The van der Waals surface area contributed by atoms with Crippen LogP contribution in [0.25, 0.3) is 0 Å². The predicted molar refractivity (Wildman–Crippen MR) is 66.0 cm³/mol. The lowest BCUT2D eigenvalue weighted by Gasteiger charge is -2.28. The third-order valence-electron chi connectivity index (χ3n) is 2.57. The Bertz CT molecular complexity index is 413. The number of hydrogen-bond donors (Lipinski definition) is 1. The number of nitrogens with zero attached hydrogens (tertiary/aromatic N) is 4. The van der Waals surface area contributed by atoms with Crippen LogP contribution in [0.4, 0.5) is 11.5 Å². The molecule has 0 aliphatic heterocycles. The van der Waals surface area contributed by atoms with Crippen LogP contribution in [-0.2, 0) is 7.05 Å². The van der Waals surface area contributed by atoms with Crippen LogP contribution >= 0.6 is 0 Å². The van der Waals surface area contributed by atoms with Gasteiger partial charge in [0.2, 0.25) is 5.82 Å². The zero-order chi connectivity index (χ0) is 13.2. The van der Waals surface area contributed by atoms with Gasteiger partial charge in [-0.25, -0.2) is 0 Å². The number of nitro groups is 1. The quantitative estimate of drug-likeness (QED) is 0.606. The Morgan fingerprint density at radius 2 is 2.24 bits per heavy atom. The van der Waals surface area contributed by atoms with E-state index in [-0.39, 0.29) is 11.1 Å². The summed E-state index contributed by atoms with van der Waals surface area (Å²) in [7, 11) is 3.45. The lowest BCUT2D eigenvalue weighted by Crippen LogP contribution is -2.37. The fraction of sp³-hybridized carbons (Fsp3) is 0.700. The van der Waals surface area contributed by atoms with Crippen LogP contribution in [-0.4, -0.2) is 34.8 Å². The Morgan fingerprint density at radius 3 is 2.71 bits per heavy atom. The van der Waals surface area contributed by atoms with Crippen LogP contribution in [0.5, 0.6) is 0 Å². The van der Waals surface area contributed by atoms with E-state index in [4.69, 9.17) is 5.73 Å². The Morgan fingerprint density at radius 1 is 1.65 bits per heavy atom. The van der Waals surface area contributed by atoms with E-state index in [2.05, 4.69) is 5.10 Å². The normalized spacial score (nSPS) is 11.6. The van der Waals surface area contributed by atoms with Crippen LogP contribution in [0.15, 0.2) is 6.20 Å². The molecule has 0 spiro atoms. The molecule has 0 atom stereocenters. The molecule has 17 heavy (non-hydrogen) atoms. The molecule has 0 saturated carbocycles. The van der Waals surface area contributed by atoms with Crippen molar-refractivity contribution in [3.05, 3.63) is 16.3 Å². The highest BCUT2D eigenvalue weighted by Crippen LogP contribution is 2.27. The Labute approximate surface area is 100 Å².